The van der Waals surface area contributed by atoms with Gasteiger partial charge in [-0.1, -0.05) is 23.7 Å². The van der Waals surface area contributed by atoms with Gasteiger partial charge in [0.25, 0.3) is 0 Å². The molecule has 0 fully saturated rings. The molecule has 1 unspecified atom stereocenters. The number of hydrogen-bond acceptors (Lipinski definition) is 2. The molecule has 0 radical (unpaired) electrons. The van der Waals surface area contributed by atoms with Crippen molar-refractivity contribution in [2.75, 3.05) is 0 Å². The minimum Gasteiger partial charge on any atom is -0.305 e. The Balaban J connectivity index is 1.99. The van der Waals surface area contributed by atoms with Crippen molar-refractivity contribution >= 4 is 22.9 Å². The van der Waals surface area contributed by atoms with Gasteiger partial charge in [0, 0.05) is 17.5 Å². The fourth-order valence-corrected chi connectivity index (χ4v) is 2.34. The number of thiophene rings is 1. The molecule has 0 bridgehead atoms. The standard InChI is InChI=1S/C13H13ClFNS/c1-9(16-8-11-3-2-6-17-11)10-4-5-12(14)13(15)7-10/h2-7,9,16H,8H2,1H3. The minimum absolute atomic E-state index is 0.101. The van der Waals surface area contributed by atoms with E-state index >= 15 is 0 Å². The molecule has 17 heavy (non-hydrogen) atoms. The topological polar surface area (TPSA) is 12.0 Å². The van der Waals surface area contributed by atoms with E-state index in [9.17, 15) is 4.39 Å². The Hall–Kier alpha value is -0.900. The summed E-state index contributed by atoms with van der Waals surface area (Å²) in [6.07, 6.45) is 0. The fraction of sp³-hybridized carbons (Fsp3) is 0.231. The highest BCUT2D eigenvalue weighted by Crippen LogP contribution is 2.20. The quantitative estimate of drug-likeness (QED) is 0.868. The van der Waals surface area contributed by atoms with Crippen LogP contribution in [0, 0.1) is 5.82 Å². The van der Waals surface area contributed by atoms with Gasteiger partial charge in [0.15, 0.2) is 0 Å². The van der Waals surface area contributed by atoms with Crippen LogP contribution in [0.2, 0.25) is 5.02 Å². The van der Waals surface area contributed by atoms with Crippen LogP contribution in [0.1, 0.15) is 23.4 Å². The molecular formula is C13H13ClFNS. The zero-order chi connectivity index (χ0) is 12.3. The van der Waals surface area contributed by atoms with Gasteiger partial charge in [0.2, 0.25) is 0 Å². The lowest BCUT2D eigenvalue weighted by Gasteiger charge is -2.13. The maximum Gasteiger partial charge on any atom is 0.142 e. The molecule has 0 aliphatic heterocycles. The molecule has 1 N–H and O–H groups in total. The van der Waals surface area contributed by atoms with Crippen molar-refractivity contribution in [2.24, 2.45) is 0 Å². The molecule has 2 aromatic rings. The van der Waals surface area contributed by atoms with Gasteiger partial charge in [-0.05, 0) is 36.1 Å². The first-order valence-electron chi connectivity index (χ1n) is 5.37. The first kappa shape index (κ1) is 12.6. The van der Waals surface area contributed by atoms with Crippen molar-refractivity contribution < 1.29 is 4.39 Å². The van der Waals surface area contributed by atoms with E-state index in [-0.39, 0.29) is 16.9 Å². The molecule has 90 valence electrons. The highest BCUT2D eigenvalue weighted by atomic mass is 35.5. The molecule has 0 saturated heterocycles. The molecule has 1 atom stereocenters. The van der Waals surface area contributed by atoms with Crippen LogP contribution in [0.25, 0.3) is 0 Å². The maximum atomic E-state index is 13.3. The highest BCUT2D eigenvalue weighted by Gasteiger charge is 2.08. The van der Waals surface area contributed by atoms with E-state index in [1.54, 1.807) is 17.4 Å². The van der Waals surface area contributed by atoms with Crippen LogP contribution < -0.4 is 5.32 Å². The number of nitrogens with one attached hydrogen (secondary N) is 1. The Bertz CT molecular complexity index is 484. The van der Waals surface area contributed by atoms with E-state index in [0.717, 1.165) is 12.1 Å². The molecule has 0 saturated carbocycles. The van der Waals surface area contributed by atoms with Gasteiger partial charge >= 0.3 is 0 Å². The van der Waals surface area contributed by atoms with Crippen molar-refractivity contribution in [1.82, 2.24) is 5.32 Å². The van der Waals surface area contributed by atoms with Crippen molar-refractivity contribution in [3.63, 3.8) is 0 Å². The second-order valence-electron chi connectivity index (χ2n) is 3.86. The van der Waals surface area contributed by atoms with Gasteiger partial charge in [-0.15, -0.1) is 11.3 Å². The number of benzene rings is 1. The molecule has 0 spiro atoms. The third-order valence-electron chi connectivity index (χ3n) is 2.61. The lowest BCUT2D eigenvalue weighted by Crippen LogP contribution is -2.17. The minimum atomic E-state index is -0.367. The summed E-state index contributed by atoms with van der Waals surface area (Å²) in [4.78, 5) is 1.27. The van der Waals surface area contributed by atoms with Crippen LogP contribution in [-0.2, 0) is 6.54 Å². The Kier molecular flexibility index (Phi) is 4.15. The van der Waals surface area contributed by atoms with Gasteiger partial charge in [0.1, 0.15) is 5.82 Å². The predicted octanol–water partition coefficient (Wildman–Crippen LogP) is 4.39. The van der Waals surface area contributed by atoms with Crippen molar-refractivity contribution in [2.45, 2.75) is 19.5 Å². The highest BCUT2D eigenvalue weighted by molar-refractivity contribution is 7.09. The third-order valence-corrected chi connectivity index (χ3v) is 3.79. The largest absolute Gasteiger partial charge is 0.305 e. The Morgan fingerprint density at radius 2 is 2.24 bits per heavy atom. The van der Waals surface area contributed by atoms with E-state index < -0.39 is 0 Å². The summed E-state index contributed by atoms with van der Waals surface area (Å²) in [5, 5.41) is 5.56. The Morgan fingerprint density at radius 1 is 1.41 bits per heavy atom. The lowest BCUT2D eigenvalue weighted by atomic mass is 10.1. The van der Waals surface area contributed by atoms with E-state index in [1.165, 1.54) is 10.9 Å². The van der Waals surface area contributed by atoms with Gasteiger partial charge in [-0.2, -0.15) is 0 Å². The second-order valence-corrected chi connectivity index (χ2v) is 5.29. The average Bonchev–Trinajstić information content (AvgIpc) is 2.82. The summed E-state index contributed by atoms with van der Waals surface area (Å²) in [5.74, 6) is -0.367. The van der Waals surface area contributed by atoms with Crippen LogP contribution >= 0.6 is 22.9 Å². The lowest BCUT2D eigenvalue weighted by molar-refractivity contribution is 0.568. The van der Waals surface area contributed by atoms with Crippen LogP contribution in [0.15, 0.2) is 35.7 Å². The van der Waals surface area contributed by atoms with Crippen LogP contribution in [0.4, 0.5) is 4.39 Å². The van der Waals surface area contributed by atoms with E-state index in [1.807, 2.05) is 24.4 Å². The van der Waals surface area contributed by atoms with Gasteiger partial charge in [-0.3, -0.25) is 0 Å². The van der Waals surface area contributed by atoms with E-state index in [2.05, 4.69) is 11.4 Å². The van der Waals surface area contributed by atoms with Crippen LogP contribution in [-0.4, -0.2) is 0 Å². The normalized spacial score (nSPS) is 12.6. The van der Waals surface area contributed by atoms with Crippen molar-refractivity contribution in [1.29, 1.82) is 0 Å². The van der Waals surface area contributed by atoms with Gasteiger partial charge in [0.05, 0.1) is 5.02 Å². The first-order valence-corrected chi connectivity index (χ1v) is 6.63. The summed E-state index contributed by atoms with van der Waals surface area (Å²) in [5.41, 5.74) is 0.906. The van der Waals surface area contributed by atoms with Gasteiger partial charge in [-0.25, -0.2) is 4.39 Å². The molecule has 2 rings (SSSR count). The number of halogens is 2. The molecule has 0 amide bonds. The number of rotatable bonds is 4. The first-order chi connectivity index (χ1) is 8.16. The predicted molar refractivity (Wildman–Crippen MR) is 71.0 cm³/mol. The fourth-order valence-electron chi connectivity index (χ4n) is 1.57. The Labute approximate surface area is 109 Å². The molecule has 1 aromatic carbocycles. The molecule has 1 aromatic heterocycles. The third kappa shape index (κ3) is 3.28. The average molecular weight is 270 g/mol. The van der Waals surface area contributed by atoms with Crippen molar-refractivity contribution in [3.8, 4) is 0 Å². The molecule has 4 heteroatoms. The van der Waals surface area contributed by atoms with Crippen LogP contribution in [0.5, 0.6) is 0 Å². The maximum absolute atomic E-state index is 13.3. The molecule has 1 heterocycles. The summed E-state index contributed by atoms with van der Waals surface area (Å²) in [6.45, 7) is 2.80. The SMILES string of the molecule is CC(NCc1cccs1)c1ccc(Cl)c(F)c1. The molecule has 1 nitrogen and oxygen atoms in total. The zero-order valence-corrected chi connectivity index (χ0v) is 11.0. The van der Waals surface area contributed by atoms with E-state index in [0.29, 0.717) is 0 Å². The van der Waals surface area contributed by atoms with Crippen LogP contribution in [0.3, 0.4) is 0 Å². The second kappa shape index (κ2) is 5.63. The summed E-state index contributed by atoms with van der Waals surface area (Å²) in [7, 11) is 0. The number of hydrogen-bond donors (Lipinski definition) is 1. The monoisotopic (exact) mass is 269 g/mol. The van der Waals surface area contributed by atoms with E-state index in [4.69, 9.17) is 11.6 Å². The summed E-state index contributed by atoms with van der Waals surface area (Å²) < 4.78 is 13.3. The molecule has 0 aliphatic rings. The summed E-state index contributed by atoms with van der Waals surface area (Å²) in [6, 6.07) is 9.12. The van der Waals surface area contributed by atoms with Gasteiger partial charge < -0.3 is 5.32 Å². The smallest absolute Gasteiger partial charge is 0.142 e. The summed E-state index contributed by atoms with van der Waals surface area (Å²) >= 11 is 7.36. The zero-order valence-electron chi connectivity index (χ0n) is 9.41. The molecular weight excluding hydrogens is 257 g/mol. The molecule has 0 aliphatic carbocycles. The Morgan fingerprint density at radius 3 is 2.88 bits per heavy atom. The van der Waals surface area contributed by atoms with Crippen molar-refractivity contribution in [3.05, 3.63) is 57.0 Å².